The lowest BCUT2D eigenvalue weighted by atomic mass is 9.94. The Bertz CT molecular complexity index is 974. The van der Waals surface area contributed by atoms with E-state index < -0.39 is 8.07 Å². The second kappa shape index (κ2) is 6.07. The van der Waals surface area contributed by atoms with Gasteiger partial charge in [0, 0.05) is 0 Å². The fraction of sp³-hybridized carbons (Fsp3) is 0.385. The number of allylic oxidation sites excluding steroid dienone is 3. The molecule has 0 spiro atoms. The molecule has 2 unspecified atom stereocenters. The van der Waals surface area contributed by atoms with Crippen LogP contribution in [0.2, 0.25) is 13.1 Å². The highest BCUT2D eigenvalue weighted by Gasteiger charge is 2.44. The second-order valence-corrected chi connectivity index (χ2v) is 14.5. The first-order valence-corrected chi connectivity index (χ1v) is 13.8. The van der Waals surface area contributed by atoms with E-state index in [1.807, 2.05) is 0 Å². The Morgan fingerprint density at radius 3 is 2.44 bits per heavy atom. The van der Waals surface area contributed by atoms with Crippen molar-refractivity contribution in [1.29, 1.82) is 0 Å². The molecule has 27 heavy (non-hydrogen) atoms. The van der Waals surface area contributed by atoms with Crippen LogP contribution in [-0.4, -0.2) is 8.07 Å². The summed E-state index contributed by atoms with van der Waals surface area (Å²) in [4.78, 5) is 0. The fourth-order valence-electron chi connectivity index (χ4n) is 5.72. The zero-order valence-electron chi connectivity index (χ0n) is 17.0. The lowest BCUT2D eigenvalue weighted by Gasteiger charge is -2.35. The van der Waals surface area contributed by atoms with Crippen molar-refractivity contribution in [3.05, 3.63) is 81.9 Å². The van der Waals surface area contributed by atoms with Gasteiger partial charge in [0.1, 0.15) is 0 Å². The molecule has 3 aliphatic rings. The topological polar surface area (TPSA) is 0 Å². The highest BCUT2D eigenvalue weighted by Crippen LogP contribution is 2.51. The summed E-state index contributed by atoms with van der Waals surface area (Å²) in [6, 6.07) is 14.2. The molecular weight excluding hydrogens is 340 g/mol. The fourth-order valence-corrected chi connectivity index (χ4v) is 9.41. The Morgan fingerprint density at radius 2 is 1.67 bits per heavy atom. The van der Waals surface area contributed by atoms with Crippen molar-refractivity contribution in [2.75, 3.05) is 0 Å². The van der Waals surface area contributed by atoms with Crippen LogP contribution in [0.4, 0.5) is 0 Å². The maximum absolute atomic E-state index is 2.67. The summed E-state index contributed by atoms with van der Waals surface area (Å²) in [6.07, 6.45) is 11.4. The van der Waals surface area contributed by atoms with Gasteiger partial charge in [0.25, 0.3) is 0 Å². The van der Waals surface area contributed by atoms with Crippen LogP contribution in [0.3, 0.4) is 0 Å². The largest absolute Gasteiger partial charge is 0.0791 e. The van der Waals surface area contributed by atoms with Crippen molar-refractivity contribution < 1.29 is 0 Å². The number of aryl methyl sites for hydroxylation is 2. The molecule has 0 saturated carbocycles. The van der Waals surface area contributed by atoms with E-state index in [0.29, 0.717) is 17.0 Å². The lowest BCUT2D eigenvalue weighted by Crippen LogP contribution is -2.40. The quantitative estimate of drug-likeness (QED) is 0.515. The summed E-state index contributed by atoms with van der Waals surface area (Å²) in [7, 11) is -1.62. The minimum atomic E-state index is -1.62. The van der Waals surface area contributed by atoms with Gasteiger partial charge in [-0.25, -0.2) is 0 Å². The molecular formula is C26H30Si. The van der Waals surface area contributed by atoms with Gasteiger partial charge in [-0.1, -0.05) is 81.6 Å². The van der Waals surface area contributed by atoms with Crippen molar-refractivity contribution in [3.63, 3.8) is 0 Å². The zero-order valence-corrected chi connectivity index (χ0v) is 18.0. The summed E-state index contributed by atoms with van der Waals surface area (Å²) in [5, 5.41) is 0. The van der Waals surface area contributed by atoms with Gasteiger partial charge < -0.3 is 0 Å². The minimum absolute atomic E-state index is 0.601. The van der Waals surface area contributed by atoms with Crippen LogP contribution < -0.4 is 0 Å². The van der Waals surface area contributed by atoms with Gasteiger partial charge in [0.05, 0.1) is 8.07 Å². The highest BCUT2D eigenvalue weighted by molar-refractivity contribution is 6.81. The van der Waals surface area contributed by atoms with E-state index in [1.165, 1.54) is 24.8 Å². The molecule has 2 aromatic rings. The predicted molar refractivity (Wildman–Crippen MR) is 120 cm³/mol. The lowest BCUT2D eigenvalue weighted by molar-refractivity contribution is 0.856. The highest BCUT2D eigenvalue weighted by atomic mass is 28.3. The van der Waals surface area contributed by atoms with Crippen LogP contribution in [0, 0.1) is 5.92 Å². The summed E-state index contributed by atoms with van der Waals surface area (Å²) in [5.74, 6) is 0.601. The average Bonchev–Trinajstić information content (AvgIpc) is 3.35. The van der Waals surface area contributed by atoms with Gasteiger partial charge in [-0.2, -0.15) is 0 Å². The first-order chi connectivity index (χ1) is 13.0. The standard InChI is InChI=1S/C26H30Si/c1-17(2)22-16-26(24-15-20-10-7-9-19(20)14-23(22)24)27(3,4)25-13-12-18-8-5-6-11-21(18)25/h5-6,8,11-17,25-26H,7,9-10H2,1-4H3. The summed E-state index contributed by atoms with van der Waals surface area (Å²) in [6.45, 7) is 9.96. The Labute approximate surface area is 165 Å². The molecule has 3 aliphatic carbocycles. The van der Waals surface area contributed by atoms with Crippen molar-refractivity contribution in [2.45, 2.75) is 57.3 Å². The molecule has 1 heteroatoms. The van der Waals surface area contributed by atoms with E-state index in [2.05, 4.69) is 81.6 Å². The third kappa shape index (κ3) is 2.55. The van der Waals surface area contributed by atoms with Gasteiger partial charge in [-0.05, 0) is 75.2 Å². The average molecular weight is 371 g/mol. The Morgan fingerprint density at radius 1 is 0.926 bits per heavy atom. The number of rotatable bonds is 3. The van der Waals surface area contributed by atoms with Crippen LogP contribution in [0.25, 0.3) is 11.6 Å². The van der Waals surface area contributed by atoms with Gasteiger partial charge in [-0.3, -0.25) is 0 Å². The molecule has 138 valence electrons. The van der Waals surface area contributed by atoms with E-state index in [9.17, 15) is 0 Å². The number of benzene rings is 2. The van der Waals surface area contributed by atoms with Crippen LogP contribution >= 0.6 is 0 Å². The maximum atomic E-state index is 2.67. The van der Waals surface area contributed by atoms with Crippen molar-refractivity contribution in [2.24, 2.45) is 5.92 Å². The smallest absolute Gasteiger partial charge is 0.0715 e. The van der Waals surface area contributed by atoms with Crippen LogP contribution in [0.5, 0.6) is 0 Å². The zero-order chi connectivity index (χ0) is 18.8. The van der Waals surface area contributed by atoms with Gasteiger partial charge in [0.2, 0.25) is 0 Å². The third-order valence-electron chi connectivity index (χ3n) is 7.28. The molecule has 5 rings (SSSR count). The third-order valence-corrected chi connectivity index (χ3v) is 11.5. The molecule has 0 bridgehead atoms. The van der Waals surface area contributed by atoms with Crippen molar-refractivity contribution >= 4 is 19.7 Å². The SMILES string of the molecule is CC(C)C1=CC([Si](C)(C)C2C=Cc3ccccc32)c2cc3c(cc21)CCC3. The molecule has 2 atom stereocenters. The van der Waals surface area contributed by atoms with Crippen LogP contribution in [-0.2, 0) is 12.8 Å². The first kappa shape index (κ1) is 17.2. The van der Waals surface area contributed by atoms with E-state index in [4.69, 9.17) is 0 Å². The molecule has 0 amide bonds. The molecule has 2 aromatic carbocycles. The molecule has 0 radical (unpaired) electrons. The summed E-state index contributed by atoms with van der Waals surface area (Å²) >= 11 is 0. The molecule has 0 aromatic heterocycles. The number of hydrogen-bond acceptors (Lipinski definition) is 0. The van der Waals surface area contributed by atoms with E-state index >= 15 is 0 Å². The van der Waals surface area contributed by atoms with Crippen molar-refractivity contribution in [3.8, 4) is 0 Å². The summed E-state index contributed by atoms with van der Waals surface area (Å²) < 4.78 is 0. The van der Waals surface area contributed by atoms with Gasteiger partial charge >= 0.3 is 0 Å². The Balaban J connectivity index is 1.63. The van der Waals surface area contributed by atoms with E-state index in [1.54, 1.807) is 33.4 Å². The van der Waals surface area contributed by atoms with Gasteiger partial charge in [0.15, 0.2) is 0 Å². The minimum Gasteiger partial charge on any atom is -0.0791 e. The van der Waals surface area contributed by atoms with Crippen LogP contribution in [0.1, 0.15) is 64.7 Å². The van der Waals surface area contributed by atoms with E-state index in [0.717, 1.165) is 0 Å². The van der Waals surface area contributed by atoms with E-state index in [-0.39, 0.29) is 0 Å². The Kier molecular flexibility index (Phi) is 3.88. The molecule has 0 saturated heterocycles. The second-order valence-electron chi connectivity index (χ2n) is 9.60. The summed E-state index contributed by atoms with van der Waals surface area (Å²) in [5.41, 5.74) is 12.3. The van der Waals surface area contributed by atoms with Crippen molar-refractivity contribution in [1.82, 2.24) is 0 Å². The van der Waals surface area contributed by atoms with Crippen LogP contribution in [0.15, 0.2) is 48.6 Å². The number of hydrogen-bond donors (Lipinski definition) is 0. The normalized spacial score (nSPS) is 22.8. The number of fused-ring (bicyclic) bond motifs is 3. The molecule has 0 heterocycles. The predicted octanol–water partition coefficient (Wildman–Crippen LogP) is 6.91. The monoisotopic (exact) mass is 370 g/mol. The molecule has 0 nitrogen and oxygen atoms in total. The molecule has 0 N–H and O–H groups in total. The van der Waals surface area contributed by atoms with Gasteiger partial charge in [-0.15, -0.1) is 0 Å². The molecule has 0 aliphatic heterocycles. The Hall–Kier alpha value is -1.86. The molecule has 0 fully saturated rings. The first-order valence-electron chi connectivity index (χ1n) is 10.6. The maximum Gasteiger partial charge on any atom is 0.0715 e.